The van der Waals surface area contributed by atoms with Gasteiger partial charge in [0, 0.05) is 63.0 Å². The molecule has 5 heteroatoms. The Hall–Kier alpha value is -2.96. The topological polar surface area (TPSA) is 34.7 Å². The molecule has 208 valence electrons. The van der Waals surface area contributed by atoms with E-state index in [0.29, 0.717) is 18.0 Å². The fourth-order valence-corrected chi connectivity index (χ4v) is 8.13. The van der Waals surface area contributed by atoms with Crippen LogP contribution in [0.1, 0.15) is 41.1 Å². The van der Waals surface area contributed by atoms with Crippen molar-refractivity contribution in [1.29, 1.82) is 0 Å². The number of rotatable bonds is 7. The number of ether oxygens (including phenoxy) is 1. The summed E-state index contributed by atoms with van der Waals surface area (Å²) in [5.74, 6) is 0.622. The van der Waals surface area contributed by atoms with Crippen LogP contribution in [0.5, 0.6) is 0 Å². The Bertz CT molecular complexity index is 1390. The van der Waals surface area contributed by atoms with Crippen molar-refractivity contribution in [2.75, 3.05) is 53.4 Å². The zero-order chi connectivity index (χ0) is 27.1. The lowest BCUT2D eigenvalue weighted by Crippen LogP contribution is -2.59. The highest BCUT2D eigenvalue weighted by atomic mass is 16.5. The number of piperidine rings is 1. The Kier molecular flexibility index (Phi) is 7.01. The summed E-state index contributed by atoms with van der Waals surface area (Å²) in [6.07, 6.45) is 5.60. The minimum absolute atomic E-state index is 0.232. The summed E-state index contributed by atoms with van der Waals surface area (Å²) in [5.41, 5.74) is 6.62. The first-order valence-corrected chi connectivity index (χ1v) is 15.1. The van der Waals surface area contributed by atoms with Crippen molar-refractivity contribution in [3.05, 3.63) is 107 Å². The van der Waals surface area contributed by atoms with E-state index in [1.54, 1.807) is 0 Å². The van der Waals surface area contributed by atoms with Crippen LogP contribution in [-0.4, -0.2) is 79.2 Å². The van der Waals surface area contributed by atoms with Crippen LogP contribution in [0.15, 0.2) is 85.1 Å². The van der Waals surface area contributed by atoms with Crippen LogP contribution in [0, 0.1) is 5.92 Å². The van der Waals surface area contributed by atoms with Gasteiger partial charge in [-0.1, -0.05) is 72.8 Å². The van der Waals surface area contributed by atoms with Gasteiger partial charge in [0.1, 0.15) is 5.60 Å². The maximum atomic E-state index is 6.54. The van der Waals surface area contributed by atoms with Gasteiger partial charge in [-0.05, 0) is 67.1 Å². The van der Waals surface area contributed by atoms with Gasteiger partial charge in [-0.3, -0.25) is 9.80 Å². The second-order valence-electron chi connectivity index (χ2n) is 12.3. The third-order valence-corrected chi connectivity index (χ3v) is 10.1. The van der Waals surface area contributed by atoms with Gasteiger partial charge >= 0.3 is 0 Å². The molecule has 0 radical (unpaired) electrons. The summed E-state index contributed by atoms with van der Waals surface area (Å²) in [5, 5.41) is 1.40. The second-order valence-corrected chi connectivity index (χ2v) is 12.3. The average Bonchev–Trinajstić information content (AvgIpc) is 3.43. The molecule has 0 bridgehead atoms. The highest BCUT2D eigenvalue weighted by molar-refractivity contribution is 5.88. The number of fused-ring (bicyclic) bond motifs is 2. The number of hydrogen-bond acceptors (Lipinski definition) is 4. The lowest BCUT2D eigenvalue weighted by molar-refractivity contribution is -0.126. The molecule has 0 unspecified atom stereocenters. The van der Waals surface area contributed by atoms with Crippen LogP contribution in [0.25, 0.3) is 10.9 Å². The first kappa shape index (κ1) is 26.0. The molecule has 3 heterocycles. The maximum absolute atomic E-state index is 6.54. The van der Waals surface area contributed by atoms with Crippen LogP contribution in [0.4, 0.5) is 0 Å². The summed E-state index contributed by atoms with van der Waals surface area (Å²) < 4.78 is 6.54. The van der Waals surface area contributed by atoms with Gasteiger partial charge in [0.15, 0.2) is 0 Å². The fraction of sp³-hybridized carbons (Fsp3) is 0.429. The van der Waals surface area contributed by atoms with Crippen molar-refractivity contribution in [2.24, 2.45) is 5.92 Å². The fourth-order valence-electron chi connectivity index (χ4n) is 8.13. The van der Waals surface area contributed by atoms with Gasteiger partial charge in [0.25, 0.3) is 0 Å². The highest BCUT2D eigenvalue weighted by Gasteiger charge is 2.51. The predicted octanol–water partition coefficient (Wildman–Crippen LogP) is 5.68. The Morgan fingerprint density at radius 3 is 2.27 bits per heavy atom. The van der Waals surface area contributed by atoms with E-state index >= 15 is 0 Å². The number of piperazine rings is 1. The number of nitrogens with zero attached hydrogens (tertiary/aromatic N) is 3. The van der Waals surface area contributed by atoms with Gasteiger partial charge < -0.3 is 14.6 Å². The second kappa shape index (κ2) is 10.8. The Labute approximate surface area is 238 Å². The zero-order valence-electron chi connectivity index (χ0n) is 23.9. The van der Waals surface area contributed by atoms with Gasteiger partial charge in [-0.15, -0.1) is 0 Å². The third kappa shape index (κ3) is 4.50. The third-order valence-electron chi connectivity index (χ3n) is 10.1. The summed E-state index contributed by atoms with van der Waals surface area (Å²) in [6.45, 7) is 6.77. The van der Waals surface area contributed by atoms with Gasteiger partial charge in [-0.2, -0.15) is 0 Å². The molecule has 1 N–H and O–H groups in total. The van der Waals surface area contributed by atoms with E-state index in [4.69, 9.17) is 4.74 Å². The number of hydrogen-bond donors (Lipinski definition) is 1. The van der Waals surface area contributed by atoms with E-state index in [-0.39, 0.29) is 5.60 Å². The highest BCUT2D eigenvalue weighted by Crippen LogP contribution is 2.49. The van der Waals surface area contributed by atoms with Crippen LogP contribution in [0.3, 0.4) is 0 Å². The number of methoxy groups -OCH3 is 1. The summed E-state index contributed by atoms with van der Waals surface area (Å²) in [6, 6.07) is 29.5. The van der Waals surface area contributed by atoms with E-state index in [2.05, 4.69) is 112 Å². The van der Waals surface area contributed by atoms with Gasteiger partial charge in [0.05, 0.1) is 6.04 Å². The number of benzene rings is 3. The van der Waals surface area contributed by atoms with Crippen molar-refractivity contribution in [3.8, 4) is 0 Å². The van der Waals surface area contributed by atoms with Crippen LogP contribution >= 0.6 is 0 Å². The van der Waals surface area contributed by atoms with Crippen molar-refractivity contribution >= 4 is 10.9 Å². The lowest BCUT2D eigenvalue weighted by Gasteiger charge is -2.53. The minimum atomic E-state index is -0.232. The molecular weight excluding hydrogens is 492 g/mol. The molecule has 40 heavy (non-hydrogen) atoms. The van der Waals surface area contributed by atoms with E-state index in [0.717, 1.165) is 52.1 Å². The summed E-state index contributed by atoms with van der Waals surface area (Å²) >= 11 is 0. The first-order valence-electron chi connectivity index (χ1n) is 15.1. The molecule has 2 fully saturated rings. The zero-order valence-corrected chi connectivity index (χ0v) is 23.9. The molecule has 7 rings (SSSR count). The monoisotopic (exact) mass is 534 g/mol. The van der Waals surface area contributed by atoms with Crippen LogP contribution in [0.2, 0.25) is 0 Å². The summed E-state index contributed by atoms with van der Waals surface area (Å²) in [4.78, 5) is 11.5. The van der Waals surface area contributed by atoms with Crippen LogP contribution < -0.4 is 0 Å². The molecule has 0 amide bonds. The van der Waals surface area contributed by atoms with Gasteiger partial charge in [-0.25, -0.2) is 0 Å². The average molecular weight is 535 g/mol. The Morgan fingerprint density at radius 2 is 1.60 bits per heavy atom. The van der Waals surface area contributed by atoms with Crippen LogP contribution in [-0.2, 0) is 16.8 Å². The lowest BCUT2D eigenvalue weighted by atomic mass is 9.68. The predicted molar refractivity (Wildman–Crippen MR) is 163 cm³/mol. The number of nitrogens with one attached hydrogen (secondary N) is 1. The van der Waals surface area contributed by atoms with E-state index in [1.165, 1.54) is 39.6 Å². The number of likely N-dealkylation sites (tertiary alicyclic amines) is 1. The van der Waals surface area contributed by atoms with E-state index < -0.39 is 0 Å². The molecule has 4 aromatic rings. The van der Waals surface area contributed by atoms with Crippen molar-refractivity contribution < 1.29 is 4.74 Å². The smallest absolute Gasteiger partial charge is 0.109 e. The quantitative estimate of drug-likeness (QED) is 0.331. The molecule has 3 aromatic carbocycles. The Balaban J connectivity index is 1.03. The largest absolute Gasteiger partial charge is 0.372 e. The molecule has 1 aliphatic carbocycles. The van der Waals surface area contributed by atoms with Crippen molar-refractivity contribution in [2.45, 2.75) is 36.9 Å². The normalized spacial score (nSPS) is 25.9. The number of aromatic nitrogens is 1. The number of likely N-dealkylation sites (N-methyl/N-ethyl adjacent to an activating group) is 1. The van der Waals surface area contributed by atoms with E-state index in [9.17, 15) is 0 Å². The molecule has 1 aromatic heterocycles. The van der Waals surface area contributed by atoms with Crippen molar-refractivity contribution in [1.82, 2.24) is 19.7 Å². The maximum Gasteiger partial charge on any atom is 0.109 e. The molecule has 3 aliphatic rings. The molecule has 3 atom stereocenters. The molecule has 0 spiro atoms. The molecule has 0 saturated carbocycles. The number of aromatic amines is 1. The Morgan fingerprint density at radius 1 is 0.900 bits per heavy atom. The van der Waals surface area contributed by atoms with Crippen molar-refractivity contribution in [3.63, 3.8) is 0 Å². The standard InChI is InChI=1S/C35H42N4O/c1-37-25-26(23-35(40-2)30-14-9-15-31-33(30)29(24-36-31)22-32(35)37)16-17-38-18-20-39(21-19-38)34(27-10-5-3-6-11-27)28-12-7-4-8-13-28/h3-15,24,26,32,34,36H,16-23,25H2,1-2H3/t26-,32-,35+/m1/s1. The summed E-state index contributed by atoms with van der Waals surface area (Å²) in [7, 11) is 4.25. The molecule has 2 aliphatic heterocycles. The molecule has 2 saturated heterocycles. The SMILES string of the molecule is CO[C@]12C[C@@H](CCN3CCN(C(c4ccccc4)c4ccccc4)CC3)CN(C)[C@@H]1Cc1c[nH]c3cccc2c13. The first-order chi connectivity index (χ1) is 19.7. The van der Waals surface area contributed by atoms with Gasteiger partial charge in [0.2, 0.25) is 0 Å². The van der Waals surface area contributed by atoms with E-state index in [1.807, 2.05) is 7.11 Å². The number of H-pyrrole nitrogens is 1. The minimum Gasteiger partial charge on any atom is -0.372 e. The molecular formula is C35H42N4O. The molecule has 5 nitrogen and oxygen atoms in total.